The average molecular weight is 472 g/mol. The van der Waals surface area contributed by atoms with Crippen molar-refractivity contribution in [3.8, 4) is 0 Å². The number of rotatable bonds is 5. The third-order valence-corrected chi connectivity index (χ3v) is 5.51. The summed E-state index contributed by atoms with van der Waals surface area (Å²) in [6.07, 6.45) is -0.782. The Kier molecular flexibility index (Phi) is 7.95. The molecule has 0 aliphatic heterocycles. The number of hydrogen-bond donors (Lipinski definition) is 2. The molecule has 160 valence electrons. The largest absolute Gasteiger partial charge is 0.437 e. The van der Waals surface area contributed by atoms with Crippen molar-refractivity contribution in [2.45, 2.75) is 26.3 Å². The second kappa shape index (κ2) is 10.0. The maximum atomic E-state index is 12.6. The third-order valence-electron chi connectivity index (χ3n) is 4.54. The molecule has 0 radical (unpaired) electrons. The van der Waals surface area contributed by atoms with Gasteiger partial charge < -0.3 is 10.2 Å². The second-order valence-electron chi connectivity index (χ2n) is 6.87. The molecule has 0 spiro atoms. The Morgan fingerprint density at radius 2 is 1.67 bits per heavy atom. The maximum absolute atomic E-state index is 12.6. The fourth-order valence-corrected chi connectivity index (χ4v) is 2.69. The number of nitrogens with zero attached hydrogens (tertiary/aromatic N) is 2. The Bertz CT molecular complexity index is 980. The van der Waals surface area contributed by atoms with Gasteiger partial charge in [-0.2, -0.15) is 0 Å². The summed E-state index contributed by atoms with van der Waals surface area (Å²) in [5.74, 6) is 0. The summed E-state index contributed by atoms with van der Waals surface area (Å²) < 4.78 is 0. The molecule has 0 bridgehead atoms. The van der Waals surface area contributed by atoms with Gasteiger partial charge in [0, 0.05) is 23.4 Å². The van der Waals surface area contributed by atoms with Gasteiger partial charge in [-0.3, -0.25) is 10.2 Å². The quantitative estimate of drug-likeness (QED) is 0.296. The summed E-state index contributed by atoms with van der Waals surface area (Å²) >= 11 is 17.7. The van der Waals surface area contributed by atoms with Crippen LogP contribution in [0.1, 0.15) is 20.8 Å². The van der Waals surface area contributed by atoms with Gasteiger partial charge in [-0.25, -0.2) is 9.59 Å². The van der Waals surface area contributed by atoms with Crippen LogP contribution < -0.4 is 10.6 Å². The molecule has 2 rings (SSSR count). The molecule has 30 heavy (non-hydrogen) atoms. The van der Waals surface area contributed by atoms with Crippen LogP contribution in [-0.4, -0.2) is 35.3 Å². The van der Waals surface area contributed by atoms with Crippen LogP contribution in [0.5, 0.6) is 0 Å². The van der Waals surface area contributed by atoms with Crippen LogP contribution in [0.4, 0.5) is 21.0 Å². The van der Waals surface area contributed by atoms with Crippen LogP contribution in [-0.2, 0) is 4.84 Å². The molecule has 7 nitrogen and oxygen atoms in total. The smallest absolute Gasteiger partial charge is 0.317 e. The molecule has 2 aromatic carbocycles. The van der Waals surface area contributed by atoms with Crippen LogP contribution >= 0.6 is 34.8 Å². The number of oxime groups is 1. The number of carbonyl (C=O) groups is 2. The minimum Gasteiger partial charge on any atom is -0.317 e. The number of amides is 3. The van der Waals surface area contributed by atoms with Crippen LogP contribution in [0.2, 0.25) is 15.1 Å². The van der Waals surface area contributed by atoms with E-state index in [1.165, 1.54) is 4.90 Å². The zero-order chi connectivity index (χ0) is 22.5. The highest BCUT2D eigenvalue weighted by Crippen LogP contribution is 2.26. The Balaban J connectivity index is 2.01. The topological polar surface area (TPSA) is 83.0 Å². The summed E-state index contributed by atoms with van der Waals surface area (Å²) in [5, 5.41) is 10.3. The molecule has 2 N–H and O–H groups in total. The van der Waals surface area contributed by atoms with Gasteiger partial charge in [0.1, 0.15) is 0 Å². The highest BCUT2D eigenvalue weighted by molar-refractivity contribution is 6.42. The van der Waals surface area contributed by atoms with E-state index >= 15 is 0 Å². The average Bonchev–Trinajstić information content (AvgIpc) is 2.68. The van der Waals surface area contributed by atoms with Crippen molar-refractivity contribution >= 4 is 64.0 Å². The standard InChI is InChI=1S/C20H21Cl3N4O3/c1-12(26-30-19(29)25-14-7-5-6-13(21)10-14)20(2,3)27(4)18(28)24-15-8-9-16(22)17(23)11-15/h5-11H,1-4H3,(H,24,28)(H,25,29)/b26-12-. The van der Waals surface area contributed by atoms with Crippen LogP contribution in [0.25, 0.3) is 0 Å². The first-order chi connectivity index (χ1) is 14.0. The normalized spacial score (nSPS) is 11.6. The minimum absolute atomic E-state index is 0.327. The Morgan fingerprint density at radius 3 is 2.30 bits per heavy atom. The molecule has 0 heterocycles. The number of hydrogen-bond acceptors (Lipinski definition) is 4. The van der Waals surface area contributed by atoms with E-state index in [1.54, 1.807) is 70.3 Å². The van der Waals surface area contributed by atoms with Gasteiger partial charge in [0.25, 0.3) is 0 Å². The first kappa shape index (κ1) is 23.8. The molecule has 3 amide bonds. The predicted molar refractivity (Wildman–Crippen MR) is 122 cm³/mol. The summed E-state index contributed by atoms with van der Waals surface area (Å²) in [6.45, 7) is 5.17. The molecule has 0 saturated carbocycles. The van der Waals surface area contributed by atoms with Gasteiger partial charge in [-0.15, -0.1) is 0 Å². The van der Waals surface area contributed by atoms with Gasteiger partial charge in [-0.1, -0.05) is 46.0 Å². The van der Waals surface area contributed by atoms with Gasteiger partial charge in [0.15, 0.2) is 0 Å². The number of nitrogens with one attached hydrogen (secondary N) is 2. The lowest BCUT2D eigenvalue weighted by molar-refractivity contribution is 0.162. The van der Waals surface area contributed by atoms with E-state index in [0.717, 1.165) is 0 Å². The molecular formula is C20H21Cl3N4O3. The molecular weight excluding hydrogens is 451 g/mol. The number of carbonyl (C=O) groups excluding carboxylic acids is 2. The monoisotopic (exact) mass is 470 g/mol. The van der Waals surface area contributed by atoms with E-state index in [1.807, 2.05) is 0 Å². The maximum Gasteiger partial charge on any atom is 0.437 e. The van der Waals surface area contributed by atoms with Crippen molar-refractivity contribution in [3.05, 3.63) is 57.5 Å². The Hall–Kier alpha value is -2.48. The Labute approximate surface area is 189 Å². The molecule has 10 heteroatoms. The van der Waals surface area contributed by atoms with Crippen molar-refractivity contribution in [1.82, 2.24) is 4.90 Å². The van der Waals surface area contributed by atoms with Gasteiger partial charge in [-0.05, 0) is 57.2 Å². The fourth-order valence-electron chi connectivity index (χ4n) is 2.21. The van der Waals surface area contributed by atoms with Crippen molar-refractivity contribution < 1.29 is 14.4 Å². The zero-order valence-corrected chi connectivity index (χ0v) is 19.1. The first-order valence-corrected chi connectivity index (χ1v) is 9.92. The van der Waals surface area contributed by atoms with E-state index in [-0.39, 0.29) is 0 Å². The van der Waals surface area contributed by atoms with Crippen LogP contribution in [0.3, 0.4) is 0 Å². The molecule has 0 unspecified atom stereocenters. The van der Waals surface area contributed by atoms with E-state index in [4.69, 9.17) is 39.6 Å². The molecule has 0 aliphatic carbocycles. The van der Waals surface area contributed by atoms with Gasteiger partial charge >= 0.3 is 12.1 Å². The Morgan fingerprint density at radius 1 is 1.00 bits per heavy atom. The molecule has 0 aromatic heterocycles. The highest BCUT2D eigenvalue weighted by Gasteiger charge is 2.31. The lowest BCUT2D eigenvalue weighted by Crippen LogP contribution is -2.51. The molecule has 2 aromatic rings. The number of urea groups is 1. The van der Waals surface area contributed by atoms with E-state index < -0.39 is 17.7 Å². The second-order valence-corrected chi connectivity index (χ2v) is 8.12. The van der Waals surface area contributed by atoms with Gasteiger partial charge in [0.05, 0.1) is 21.3 Å². The third kappa shape index (κ3) is 6.26. The predicted octanol–water partition coefficient (Wildman–Crippen LogP) is 6.51. The zero-order valence-electron chi connectivity index (χ0n) is 16.8. The van der Waals surface area contributed by atoms with E-state index in [0.29, 0.717) is 32.2 Å². The van der Waals surface area contributed by atoms with E-state index in [9.17, 15) is 9.59 Å². The molecule has 0 fully saturated rings. The molecule has 0 aliphatic rings. The summed E-state index contributed by atoms with van der Waals surface area (Å²) in [6, 6.07) is 11.0. The van der Waals surface area contributed by atoms with E-state index in [2.05, 4.69) is 15.8 Å². The van der Waals surface area contributed by atoms with Crippen molar-refractivity contribution in [2.24, 2.45) is 5.16 Å². The fraction of sp³-hybridized carbons (Fsp3) is 0.250. The molecule has 0 saturated heterocycles. The number of benzene rings is 2. The number of halogens is 3. The lowest BCUT2D eigenvalue weighted by atomic mass is 9.98. The molecule has 0 atom stereocenters. The summed E-state index contributed by atoms with van der Waals surface area (Å²) in [5.41, 5.74) is 0.494. The summed E-state index contributed by atoms with van der Waals surface area (Å²) in [7, 11) is 1.60. The highest BCUT2D eigenvalue weighted by atomic mass is 35.5. The lowest BCUT2D eigenvalue weighted by Gasteiger charge is -2.35. The van der Waals surface area contributed by atoms with Crippen molar-refractivity contribution in [3.63, 3.8) is 0 Å². The van der Waals surface area contributed by atoms with Gasteiger partial charge in [0.2, 0.25) is 0 Å². The van der Waals surface area contributed by atoms with Crippen LogP contribution in [0.15, 0.2) is 47.6 Å². The number of anilines is 2. The van der Waals surface area contributed by atoms with Crippen molar-refractivity contribution in [2.75, 3.05) is 17.7 Å². The SMILES string of the molecule is C/C(=N/OC(=O)Nc1cccc(Cl)c1)C(C)(C)N(C)C(=O)Nc1ccc(Cl)c(Cl)c1. The first-order valence-electron chi connectivity index (χ1n) is 8.79. The van der Waals surface area contributed by atoms with Crippen molar-refractivity contribution in [1.29, 1.82) is 0 Å². The van der Waals surface area contributed by atoms with Crippen LogP contribution in [0, 0.1) is 0 Å². The minimum atomic E-state index is -0.864. The summed E-state index contributed by atoms with van der Waals surface area (Å²) in [4.78, 5) is 30.9.